The van der Waals surface area contributed by atoms with E-state index >= 15 is 0 Å². The summed E-state index contributed by atoms with van der Waals surface area (Å²) < 4.78 is 41.9. The molecule has 3 aromatic rings. The Kier molecular flexibility index (Phi) is 7.82. The summed E-state index contributed by atoms with van der Waals surface area (Å²) in [7, 11) is -3.72. The van der Waals surface area contributed by atoms with E-state index in [4.69, 9.17) is 13.9 Å². The van der Waals surface area contributed by atoms with Gasteiger partial charge in [-0.05, 0) is 43.3 Å². The summed E-state index contributed by atoms with van der Waals surface area (Å²) in [6, 6.07) is 11.1. The number of amides is 1. The standard InChI is InChI=1S/C23H22N2O8S/c1-3-11-24-34(29,30)18-8-5-15(6-9-18)22(27)32-14-16-12-21(26)33-20-13-17(7-10-19(16)20)25-23(28)31-4-2/h3,5-10,12-13,24H,1,4,11,14H2,2H3,(H,25,28). The molecule has 0 atom stereocenters. The summed E-state index contributed by atoms with van der Waals surface area (Å²) in [5.41, 5.74) is 0.426. The maximum absolute atomic E-state index is 12.4. The molecule has 0 fully saturated rings. The van der Waals surface area contributed by atoms with Gasteiger partial charge in [0.15, 0.2) is 0 Å². The minimum absolute atomic E-state index is 0.00945. The molecule has 2 N–H and O–H groups in total. The Hall–Kier alpha value is -3.96. The predicted molar refractivity (Wildman–Crippen MR) is 124 cm³/mol. The second-order valence-electron chi connectivity index (χ2n) is 6.89. The Balaban J connectivity index is 1.74. The van der Waals surface area contributed by atoms with E-state index in [-0.39, 0.29) is 35.8 Å². The first kappa shape index (κ1) is 24.7. The second kappa shape index (κ2) is 10.8. The van der Waals surface area contributed by atoms with E-state index in [9.17, 15) is 22.8 Å². The molecule has 178 valence electrons. The van der Waals surface area contributed by atoms with Crippen molar-refractivity contribution in [3.8, 4) is 0 Å². The van der Waals surface area contributed by atoms with Crippen LogP contribution < -0.4 is 15.7 Å². The smallest absolute Gasteiger partial charge is 0.411 e. The number of sulfonamides is 1. The number of carbonyl (C=O) groups is 2. The van der Waals surface area contributed by atoms with Crippen LogP contribution in [0.15, 0.2) is 75.3 Å². The number of ether oxygens (including phenoxy) is 2. The molecule has 11 heteroatoms. The van der Waals surface area contributed by atoms with Crippen molar-refractivity contribution in [2.24, 2.45) is 0 Å². The number of fused-ring (bicyclic) bond motifs is 1. The number of hydrogen-bond donors (Lipinski definition) is 2. The minimum Gasteiger partial charge on any atom is -0.457 e. The first-order chi connectivity index (χ1) is 16.2. The fourth-order valence-corrected chi connectivity index (χ4v) is 3.96. The quantitative estimate of drug-likeness (QED) is 0.267. The normalized spacial score (nSPS) is 11.1. The Morgan fingerprint density at radius 2 is 1.82 bits per heavy atom. The lowest BCUT2D eigenvalue weighted by Gasteiger charge is -2.10. The Morgan fingerprint density at radius 3 is 2.50 bits per heavy atom. The van der Waals surface area contributed by atoms with Crippen molar-refractivity contribution in [1.82, 2.24) is 4.72 Å². The molecule has 0 unspecified atom stereocenters. The molecule has 0 saturated heterocycles. The minimum atomic E-state index is -3.72. The van der Waals surface area contributed by atoms with Gasteiger partial charge in [-0.25, -0.2) is 27.5 Å². The molecule has 3 rings (SSSR count). The molecule has 1 heterocycles. The molecule has 0 aliphatic heterocycles. The molecule has 0 spiro atoms. The van der Waals surface area contributed by atoms with Crippen molar-refractivity contribution in [3.63, 3.8) is 0 Å². The number of benzene rings is 2. The van der Waals surface area contributed by atoms with Gasteiger partial charge in [0.05, 0.1) is 17.1 Å². The maximum Gasteiger partial charge on any atom is 0.411 e. The molecule has 10 nitrogen and oxygen atoms in total. The van der Waals surface area contributed by atoms with E-state index in [1.165, 1.54) is 42.5 Å². The third kappa shape index (κ3) is 6.09. The van der Waals surface area contributed by atoms with Crippen molar-refractivity contribution in [2.45, 2.75) is 18.4 Å². The summed E-state index contributed by atoms with van der Waals surface area (Å²) in [5.74, 6) is -0.704. The summed E-state index contributed by atoms with van der Waals surface area (Å²) >= 11 is 0. The van der Waals surface area contributed by atoms with Gasteiger partial charge in [0.1, 0.15) is 12.2 Å². The zero-order valence-electron chi connectivity index (χ0n) is 18.2. The number of carbonyl (C=O) groups excluding carboxylic acids is 2. The van der Waals surface area contributed by atoms with Gasteiger partial charge in [-0.15, -0.1) is 6.58 Å². The fourth-order valence-electron chi connectivity index (χ4n) is 2.96. The molecule has 2 aromatic carbocycles. The highest BCUT2D eigenvalue weighted by atomic mass is 32.2. The first-order valence-electron chi connectivity index (χ1n) is 10.1. The second-order valence-corrected chi connectivity index (χ2v) is 8.66. The molecule has 34 heavy (non-hydrogen) atoms. The average molecular weight is 487 g/mol. The molecule has 0 aliphatic rings. The monoisotopic (exact) mass is 486 g/mol. The predicted octanol–water partition coefficient (Wildman–Crippen LogP) is 3.18. The molecule has 0 radical (unpaired) electrons. The van der Waals surface area contributed by atoms with Crippen LogP contribution in [-0.4, -0.2) is 33.6 Å². The topological polar surface area (TPSA) is 141 Å². The lowest BCUT2D eigenvalue weighted by atomic mass is 10.1. The van der Waals surface area contributed by atoms with Crippen LogP contribution in [-0.2, 0) is 26.1 Å². The van der Waals surface area contributed by atoms with E-state index in [1.807, 2.05) is 0 Å². The maximum atomic E-state index is 12.4. The van der Waals surface area contributed by atoms with Crippen molar-refractivity contribution >= 4 is 38.7 Å². The zero-order chi connectivity index (χ0) is 24.7. The molecule has 1 aromatic heterocycles. The molecular weight excluding hydrogens is 464 g/mol. The zero-order valence-corrected chi connectivity index (χ0v) is 19.0. The number of nitrogens with one attached hydrogen (secondary N) is 2. The van der Waals surface area contributed by atoms with Crippen LogP contribution in [0.2, 0.25) is 0 Å². The average Bonchev–Trinajstić information content (AvgIpc) is 2.81. The fraction of sp³-hybridized carbons (Fsp3) is 0.174. The van der Waals surface area contributed by atoms with Crippen LogP contribution >= 0.6 is 0 Å². The van der Waals surface area contributed by atoms with Gasteiger partial charge >= 0.3 is 17.7 Å². The van der Waals surface area contributed by atoms with E-state index in [2.05, 4.69) is 16.6 Å². The lowest BCUT2D eigenvalue weighted by Crippen LogP contribution is -2.23. The largest absolute Gasteiger partial charge is 0.457 e. The van der Waals surface area contributed by atoms with Crippen molar-refractivity contribution in [1.29, 1.82) is 0 Å². The number of esters is 1. The third-order valence-electron chi connectivity index (χ3n) is 4.53. The summed E-state index contributed by atoms with van der Waals surface area (Å²) in [5, 5.41) is 3.02. The molecule has 0 bridgehead atoms. The van der Waals surface area contributed by atoms with Crippen LogP contribution in [0.5, 0.6) is 0 Å². The Morgan fingerprint density at radius 1 is 1.09 bits per heavy atom. The van der Waals surface area contributed by atoms with Crippen LogP contribution in [0.1, 0.15) is 22.8 Å². The van der Waals surface area contributed by atoms with Crippen LogP contribution in [0.3, 0.4) is 0 Å². The number of hydrogen-bond acceptors (Lipinski definition) is 8. The molecule has 0 saturated carbocycles. The summed E-state index contributed by atoms with van der Waals surface area (Å²) in [4.78, 5) is 36.0. The molecular formula is C23H22N2O8S. The number of anilines is 1. The Bertz CT molecular complexity index is 1380. The van der Waals surface area contributed by atoms with E-state index in [1.54, 1.807) is 19.1 Å². The lowest BCUT2D eigenvalue weighted by molar-refractivity contribution is 0.0473. The van der Waals surface area contributed by atoms with Gasteiger partial charge in [-0.1, -0.05) is 6.08 Å². The highest BCUT2D eigenvalue weighted by molar-refractivity contribution is 7.89. The van der Waals surface area contributed by atoms with Crippen LogP contribution in [0, 0.1) is 0 Å². The Labute approximate surface area is 195 Å². The van der Waals surface area contributed by atoms with E-state index in [0.29, 0.717) is 16.6 Å². The van der Waals surface area contributed by atoms with E-state index < -0.39 is 27.7 Å². The van der Waals surface area contributed by atoms with Crippen LogP contribution in [0.4, 0.5) is 10.5 Å². The SMILES string of the molecule is C=CCNS(=O)(=O)c1ccc(C(=O)OCc2cc(=O)oc3cc(NC(=O)OCC)ccc23)cc1. The molecule has 1 amide bonds. The van der Waals surface area contributed by atoms with Gasteiger partial charge in [-0.3, -0.25) is 5.32 Å². The third-order valence-corrected chi connectivity index (χ3v) is 5.97. The van der Waals surface area contributed by atoms with Gasteiger partial charge in [-0.2, -0.15) is 0 Å². The van der Waals surface area contributed by atoms with Gasteiger partial charge in [0.2, 0.25) is 10.0 Å². The summed E-state index contributed by atoms with van der Waals surface area (Å²) in [6.07, 6.45) is 0.763. The van der Waals surface area contributed by atoms with Crippen molar-refractivity contribution in [3.05, 3.63) is 82.7 Å². The van der Waals surface area contributed by atoms with Crippen molar-refractivity contribution < 1.29 is 31.9 Å². The van der Waals surface area contributed by atoms with Gasteiger partial charge < -0.3 is 13.9 Å². The summed E-state index contributed by atoms with van der Waals surface area (Å²) in [6.45, 7) is 5.17. The number of rotatable bonds is 9. The molecule has 0 aliphatic carbocycles. The highest BCUT2D eigenvalue weighted by Gasteiger charge is 2.16. The van der Waals surface area contributed by atoms with Gasteiger partial charge in [0.25, 0.3) is 0 Å². The first-order valence-corrected chi connectivity index (χ1v) is 11.6. The van der Waals surface area contributed by atoms with Gasteiger partial charge in [0, 0.05) is 35.3 Å². The van der Waals surface area contributed by atoms with Crippen LogP contribution in [0.25, 0.3) is 11.0 Å². The van der Waals surface area contributed by atoms with E-state index in [0.717, 1.165) is 0 Å². The van der Waals surface area contributed by atoms with Crippen molar-refractivity contribution in [2.75, 3.05) is 18.5 Å². The highest BCUT2D eigenvalue weighted by Crippen LogP contribution is 2.22.